The van der Waals surface area contributed by atoms with Crippen molar-refractivity contribution in [1.82, 2.24) is 15.2 Å². The van der Waals surface area contributed by atoms with Crippen molar-refractivity contribution in [2.24, 2.45) is 0 Å². The number of aromatic nitrogens is 1. The van der Waals surface area contributed by atoms with Crippen LogP contribution in [0.5, 0.6) is 0 Å². The van der Waals surface area contributed by atoms with E-state index in [1.54, 1.807) is 0 Å². The molecular weight excluding hydrogens is 258 g/mol. The van der Waals surface area contributed by atoms with Gasteiger partial charge in [-0.1, -0.05) is 12.1 Å². The third-order valence-corrected chi connectivity index (χ3v) is 3.09. The zero-order valence-electron chi connectivity index (χ0n) is 11.8. The predicted molar refractivity (Wildman–Crippen MR) is 84.0 cm³/mol. The van der Waals surface area contributed by atoms with Crippen molar-refractivity contribution in [2.45, 2.75) is 13.5 Å². The maximum atomic E-state index is 4.52. The summed E-state index contributed by atoms with van der Waals surface area (Å²) in [6.45, 7) is 5.08. The van der Waals surface area contributed by atoms with E-state index < -0.39 is 0 Å². The van der Waals surface area contributed by atoms with Gasteiger partial charge in [0.2, 0.25) is 0 Å². The van der Waals surface area contributed by atoms with Crippen LogP contribution >= 0.6 is 12.4 Å². The lowest BCUT2D eigenvalue weighted by atomic mass is 10.1. The van der Waals surface area contributed by atoms with E-state index >= 15 is 0 Å². The minimum Gasteiger partial charge on any atom is -0.318 e. The van der Waals surface area contributed by atoms with Crippen molar-refractivity contribution in [3.05, 3.63) is 41.6 Å². The Hall–Kier alpha value is -1.16. The number of hydrogen-bond donors (Lipinski definition) is 1. The first kappa shape index (κ1) is 15.9. The average Bonchev–Trinajstić information content (AvgIpc) is 2.36. The van der Waals surface area contributed by atoms with Crippen molar-refractivity contribution < 1.29 is 0 Å². The van der Waals surface area contributed by atoms with Crippen LogP contribution in [-0.2, 0) is 6.54 Å². The zero-order chi connectivity index (χ0) is 13.0. The highest BCUT2D eigenvalue weighted by atomic mass is 35.5. The average molecular weight is 280 g/mol. The van der Waals surface area contributed by atoms with Gasteiger partial charge in [-0.25, -0.2) is 0 Å². The number of rotatable bonds is 5. The maximum Gasteiger partial charge on any atom is 0.0705 e. The molecule has 0 amide bonds. The molecule has 3 nitrogen and oxygen atoms in total. The second kappa shape index (κ2) is 7.43. The highest BCUT2D eigenvalue weighted by Crippen LogP contribution is 2.15. The van der Waals surface area contributed by atoms with Crippen LogP contribution in [0.3, 0.4) is 0 Å². The van der Waals surface area contributed by atoms with Gasteiger partial charge in [0.15, 0.2) is 0 Å². The molecule has 0 unspecified atom stereocenters. The Bertz CT molecular complexity index is 528. The number of aryl methyl sites for hydroxylation is 1. The summed E-state index contributed by atoms with van der Waals surface area (Å²) >= 11 is 0. The van der Waals surface area contributed by atoms with Gasteiger partial charge in [-0.2, -0.15) is 0 Å². The lowest BCUT2D eigenvalue weighted by molar-refractivity contribution is 0.328. The third-order valence-electron chi connectivity index (χ3n) is 3.09. The van der Waals surface area contributed by atoms with Crippen molar-refractivity contribution in [2.75, 3.05) is 27.2 Å². The standard InChI is InChI=1S/C15H21N3.ClH/c1-12-4-6-14-10-13(5-7-15(14)17-12)11-18(3)9-8-16-2;/h4-7,10,16H,8-9,11H2,1-3H3;1H. The molecule has 0 saturated carbocycles. The van der Waals surface area contributed by atoms with E-state index in [4.69, 9.17) is 0 Å². The second-order valence-corrected chi connectivity index (χ2v) is 4.82. The summed E-state index contributed by atoms with van der Waals surface area (Å²) in [7, 11) is 4.13. The molecule has 4 heteroatoms. The predicted octanol–water partition coefficient (Wildman–Crippen LogP) is 2.62. The van der Waals surface area contributed by atoms with Gasteiger partial charge in [0.05, 0.1) is 5.52 Å². The number of pyridine rings is 1. The second-order valence-electron chi connectivity index (χ2n) is 4.82. The van der Waals surface area contributed by atoms with Crippen molar-refractivity contribution in [3.63, 3.8) is 0 Å². The quantitative estimate of drug-likeness (QED) is 0.912. The molecule has 1 heterocycles. The Morgan fingerprint density at radius 2 is 2.00 bits per heavy atom. The molecule has 1 N–H and O–H groups in total. The van der Waals surface area contributed by atoms with Crippen molar-refractivity contribution >= 4 is 23.3 Å². The number of benzene rings is 1. The van der Waals surface area contributed by atoms with E-state index in [2.05, 4.69) is 52.6 Å². The Balaban J connectivity index is 0.00000180. The van der Waals surface area contributed by atoms with Crippen LogP contribution in [0.4, 0.5) is 0 Å². The molecule has 1 aromatic carbocycles. The van der Waals surface area contributed by atoms with Crippen LogP contribution in [0, 0.1) is 6.92 Å². The van der Waals surface area contributed by atoms with Gasteiger partial charge in [-0.05, 0) is 44.8 Å². The summed E-state index contributed by atoms with van der Waals surface area (Å²) in [5.41, 5.74) is 3.49. The smallest absolute Gasteiger partial charge is 0.0705 e. The largest absolute Gasteiger partial charge is 0.318 e. The number of hydrogen-bond acceptors (Lipinski definition) is 3. The minimum absolute atomic E-state index is 0. The molecular formula is C15H22ClN3. The van der Waals surface area contributed by atoms with Crippen LogP contribution < -0.4 is 5.32 Å². The summed E-state index contributed by atoms with van der Waals surface area (Å²) in [6, 6.07) is 10.7. The Kier molecular flexibility index (Phi) is 6.22. The molecule has 1 aromatic heterocycles. The van der Waals surface area contributed by atoms with Gasteiger partial charge in [0.1, 0.15) is 0 Å². The summed E-state index contributed by atoms with van der Waals surface area (Å²) in [6.07, 6.45) is 0. The van der Waals surface area contributed by atoms with Crippen LogP contribution in [0.2, 0.25) is 0 Å². The summed E-state index contributed by atoms with van der Waals surface area (Å²) in [5.74, 6) is 0. The van der Waals surface area contributed by atoms with Gasteiger partial charge in [-0.3, -0.25) is 4.98 Å². The molecule has 0 aliphatic rings. The minimum atomic E-state index is 0. The highest BCUT2D eigenvalue weighted by molar-refractivity contribution is 5.85. The van der Waals surface area contributed by atoms with E-state index in [9.17, 15) is 0 Å². The van der Waals surface area contributed by atoms with Gasteiger partial charge >= 0.3 is 0 Å². The van der Waals surface area contributed by atoms with Crippen LogP contribution in [0.25, 0.3) is 10.9 Å². The lowest BCUT2D eigenvalue weighted by Gasteiger charge is -2.16. The SMILES string of the molecule is CNCCN(C)Cc1ccc2nc(C)ccc2c1.Cl. The first-order valence-corrected chi connectivity index (χ1v) is 6.38. The molecule has 0 atom stereocenters. The maximum absolute atomic E-state index is 4.52. The van der Waals surface area contributed by atoms with Crippen LogP contribution in [-0.4, -0.2) is 37.1 Å². The molecule has 0 saturated heterocycles. The number of nitrogens with one attached hydrogen (secondary N) is 1. The molecule has 0 bridgehead atoms. The molecule has 0 aliphatic carbocycles. The molecule has 104 valence electrons. The number of likely N-dealkylation sites (N-methyl/N-ethyl adjacent to an activating group) is 2. The van der Waals surface area contributed by atoms with Gasteiger partial charge in [0, 0.05) is 30.7 Å². The fraction of sp³-hybridized carbons (Fsp3) is 0.400. The number of halogens is 1. The summed E-state index contributed by atoms with van der Waals surface area (Å²) in [4.78, 5) is 6.84. The number of nitrogens with zero attached hydrogens (tertiary/aromatic N) is 2. The summed E-state index contributed by atoms with van der Waals surface area (Å²) < 4.78 is 0. The normalized spacial score (nSPS) is 10.7. The molecule has 2 rings (SSSR count). The van der Waals surface area contributed by atoms with E-state index in [0.29, 0.717) is 0 Å². The molecule has 0 aliphatic heterocycles. The fourth-order valence-corrected chi connectivity index (χ4v) is 2.07. The Labute approximate surface area is 121 Å². The lowest BCUT2D eigenvalue weighted by Crippen LogP contribution is -2.26. The third kappa shape index (κ3) is 4.46. The van der Waals surface area contributed by atoms with Gasteiger partial charge in [-0.15, -0.1) is 12.4 Å². The van der Waals surface area contributed by atoms with E-state index in [1.807, 2.05) is 14.0 Å². The molecule has 0 spiro atoms. The Morgan fingerprint density at radius 1 is 1.21 bits per heavy atom. The van der Waals surface area contributed by atoms with E-state index in [0.717, 1.165) is 30.8 Å². The molecule has 0 fully saturated rings. The van der Waals surface area contributed by atoms with Gasteiger partial charge < -0.3 is 10.2 Å². The van der Waals surface area contributed by atoms with Crippen molar-refractivity contribution in [1.29, 1.82) is 0 Å². The topological polar surface area (TPSA) is 28.2 Å². The van der Waals surface area contributed by atoms with Crippen LogP contribution in [0.1, 0.15) is 11.3 Å². The Morgan fingerprint density at radius 3 is 2.74 bits per heavy atom. The molecule has 0 radical (unpaired) electrons. The number of fused-ring (bicyclic) bond motifs is 1. The van der Waals surface area contributed by atoms with Crippen molar-refractivity contribution in [3.8, 4) is 0 Å². The fourth-order valence-electron chi connectivity index (χ4n) is 2.07. The first-order chi connectivity index (χ1) is 8.69. The molecule has 19 heavy (non-hydrogen) atoms. The van der Waals surface area contributed by atoms with E-state index in [1.165, 1.54) is 10.9 Å². The first-order valence-electron chi connectivity index (χ1n) is 6.38. The molecule has 2 aromatic rings. The van der Waals surface area contributed by atoms with Gasteiger partial charge in [0.25, 0.3) is 0 Å². The van der Waals surface area contributed by atoms with E-state index in [-0.39, 0.29) is 12.4 Å². The monoisotopic (exact) mass is 279 g/mol. The summed E-state index contributed by atoms with van der Waals surface area (Å²) in [5, 5.41) is 4.39. The van der Waals surface area contributed by atoms with Crippen LogP contribution in [0.15, 0.2) is 30.3 Å². The highest BCUT2D eigenvalue weighted by Gasteiger charge is 2.02. The zero-order valence-corrected chi connectivity index (χ0v) is 12.6.